The molecule has 8 nitrogen and oxygen atoms in total. The predicted octanol–water partition coefficient (Wildman–Crippen LogP) is 4.21. The highest BCUT2D eigenvalue weighted by Crippen LogP contribution is 2.28. The number of carbonyl (C=O) groups is 1. The first-order valence-electron chi connectivity index (χ1n) is 11.8. The average molecular weight is 507 g/mol. The average Bonchev–Trinajstić information content (AvgIpc) is 3.33. The second-order valence-corrected chi connectivity index (χ2v) is 8.25. The minimum atomic E-state index is -2.89. The van der Waals surface area contributed by atoms with Crippen molar-refractivity contribution in [1.82, 2.24) is 19.6 Å². The van der Waals surface area contributed by atoms with Crippen LogP contribution in [-0.4, -0.2) is 77.5 Å². The molecule has 0 radical (unpaired) electrons. The fourth-order valence-electron chi connectivity index (χ4n) is 4.11. The smallest absolute Gasteiger partial charge is 0.387 e. The van der Waals surface area contributed by atoms with Crippen LogP contribution in [0.5, 0.6) is 5.75 Å². The molecule has 3 aromatic rings. The third kappa shape index (κ3) is 6.46. The molecule has 4 rings (SSSR count). The van der Waals surface area contributed by atoms with E-state index in [1.807, 2.05) is 46.2 Å². The number of ether oxygens (including phenoxy) is 1. The summed E-state index contributed by atoms with van der Waals surface area (Å²) in [6, 6.07) is 17.8. The van der Waals surface area contributed by atoms with Crippen LogP contribution in [-0.2, 0) is 11.3 Å². The fraction of sp³-hybridized carbons (Fsp3) is 0.259. The summed E-state index contributed by atoms with van der Waals surface area (Å²) in [5, 5.41) is 4.69. The molecule has 0 bridgehead atoms. The zero-order valence-electron chi connectivity index (χ0n) is 20.5. The number of amides is 1. The molecule has 37 heavy (non-hydrogen) atoms. The second kappa shape index (κ2) is 12.1. The molecule has 10 heteroatoms. The summed E-state index contributed by atoms with van der Waals surface area (Å²) in [6.45, 7) is 3.15. The number of allylic oxidation sites excluding steroid dienone is 1. The Morgan fingerprint density at radius 1 is 1.05 bits per heavy atom. The highest BCUT2D eigenvalue weighted by molar-refractivity contribution is 5.90. The van der Waals surface area contributed by atoms with Crippen LogP contribution >= 0.6 is 0 Å². The van der Waals surface area contributed by atoms with Crippen molar-refractivity contribution in [3.63, 3.8) is 0 Å². The van der Waals surface area contributed by atoms with Gasteiger partial charge in [0.2, 0.25) is 11.9 Å². The van der Waals surface area contributed by atoms with Gasteiger partial charge in [-0.3, -0.25) is 14.5 Å². The minimum absolute atomic E-state index is 0.0447. The molecule has 1 amide bonds. The van der Waals surface area contributed by atoms with Gasteiger partial charge in [-0.05, 0) is 35.9 Å². The van der Waals surface area contributed by atoms with Crippen molar-refractivity contribution in [3.8, 4) is 28.3 Å². The maximum atomic E-state index is 13.2. The van der Waals surface area contributed by atoms with Gasteiger partial charge in [-0.25, -0.2) is 4.99 Å². The Hall–Kier alpha value is -4.34. The Morgan fingerprint density at radius 3 is 2.35 bits per heavy atom. The summed E-state index contributed by atoms with van der Waals surface area (Å²) in [4.78, 5) is 25.6. The molecular formula is C27H28F2N6O2. The van der Waals surface area contributed by atoms with E-state index >= 15 is 0 Å². The number of aromatic nitrogens is 2. The van der Waals surface area contributed by atoms with Gasteiger partial charge in [0.05, 0.1) is 11.4 Å². The first-order chi connectivity index (χ1) is 18.0. The summed E-state index contributed by atoms with van der Waals surface area (Å²) in [5.74, 6) is 0.638. The summed E-state index contributed by atoms with van der Waals surface area (Å²) < 4.78 is 31.1. The van der Waals surface area contributed by atoms with Gasteiger partial charge in [-0.2, -0.15) is 13.9 Å². The molecule has 0 spiro atoms. The lowest BCUT2D eigenvalue weighted by Gasteiger charge is -2.35. The Labute approximate surface area is 214 Å². The molecule has 0 N–H and O–H groups in total. The molecule has 0 atom stereocenters. The molecule has 1 aliphatic rings. The van der Waals surface area contributed by atoms with Crippen molar-refractivity contribution in [1.29, 1.82) is 0 Å². The van der Waals surface area contributed by atoms with Crippen molar-refractivity contribution in [3.05, 3.63) is 73.3 Å². The van der Waals surface area contributed by atoms with Crippen LogP contribution in [0.4, 0.5) is 8.78 Å². The van der Waals surface area contributed by atoms with Crippen LogP contribution in [0.2, 0.25) is 0 Å². The van der Waals surface area contributed by atoms with Gasteiger partial charge in [0.1, 0.15) is 12.3 Å². The predicted molar refractivity (Wildman–Crippen MR) is 140 cm³/mol. The van der Waals surface area contributed by atoms with Crippen LogP contribution in [0.1, 0.15) is 0 Å². The van der Waals surface area contributed by atoms with Gasteiger partial charge in [0, 0.05) is 45.0 Å². The maximum Gasteiger partial charge on any atom is 0.387 e. The van der Waals surface area contributed by atoms with E-state index in [0.717, 1.165) is 16.8 Å². The van der Waals surface area contributed by atoms with Crippen molar-refractivity contribution in [2.24, 2.45) is 9.98 Å². The van der Waals surface area contributed by atoms with E-state index < -0.39 is 6.61 Å². The number of nitrogens with zero attached hydrogens (tertiary/aromatic N) is 6. The number of halogens is 2. The molecule has 1 fully saturated rings. The lowest BCUT2D eigenvalue weighted by atomic mass is 10.1. The van der Waals surface area contributed by atoms with Crippen molar-refractivity contribution in [2.75, 3.05) is 33.2 Å². The van der Waals surface area contributed by atoms with E-state index in [4.69, 9.17) is 5.10 Å². The first-order valence-corrected chi connectivity index (χ1v) is 11.8. The minimum Gasteiger partial charge on any atom is -0.435 e. The fourth-order valence-corrected chi connectivity index (χ4v) is 4.11. The molecule has 1 saturated heterocycles. The van der Waals surface area contributed by atoms with E-state index in [0.29, 0.717) is 37.8 Å². The summed E-state index contributed by atoms with van der Waals surface area (Å²) in [6.07, 6.45) is 3.19. The lowest BCUT2D eigenvalue weighted by Crippen LogP contribution is -2.51. The van der Waals surface area contributed by atoms with Crippen LogP contribution < -0.4 is 4.74 Å². The number of hydrogen-bond donors (Lipinski definition) is 0. The van der Waals surface area contributed by atoms with Crippen LogP contribution in [0, 0.1) is 0 Å². The van der Waals surface area contributed by atoms with Gasteiger partial charge >= 0.3 is 6.61 Å². The number of guanidine groups is 1. The van der Waals surface area contributed by atoms with Gasteiger partial charge in [0.15, 0.2) is 0 Å². The second-order valence-electron chi connectivity index (χ2n) is 8.25. The molecule has 2 aromatic carbocycles. The molecule has 192 valence electrons. The Bertz CT molecular complexity index is 1260. The van der Waals surface area contributed by atoms with Crippen LogP contribution in [0.3, 0.4) is 0 Å². The largest absolute Gasteiger partial charge is 0.435 e. The lowest BCUT2D eigenvalue weighted by molar-refractivity contribution is -0.133. The number of carbonyl (C=O) groups excluding carboxylic acids is 1. The topological polar surface area (TPSA) is 75.3 Å². The van der Waals surface area contributed by atoms with Gasteiger partial charge in [-0.1, -0.05) is 43.0 Å². The molecule has 0 aliphatic carbocycles. The molecule has 0 saturated carbocycles. The highest BCUT2D eigenvalue weighted by Gasteiger charge is 2.24. The Balaban J connectivity index is 1.51. The van der Waals surface area contributed by atoms with E-state index in [9.17, 15) is 13.6 Å². The van der Waals surface area contributed by atoms with Crippen molar-refractivity contribution in [2.45, 2.75) is 13.2 Å². The zero-order valence-corrected chi connectivity index (χ0v) is 20.5. The normalized spacial score (nSPS) is 14.4. The maximum absolute atomic E-state index is 13.2. The van der Waals surface area contributed by atoms with Gasteiger partial charge in [-0.15, -0.1) is 0 Å². The third-order valence-electron chi connectivity index (χ3n) is 5.92. The number of benzene rings is 2. The van der Waals surface area contributed by atoms with E-state index in [1.54, 1.807) is 36.2 Å². The highest BCUT2D eigenvalue weighted by atomic mass is 19.3. The van der Waals surface area contributed by atoms with Crippen LogP contribution in [0.15, 0.2) is 83.3 Å². The van der Waals surface area contributed by atoms with Gasteiger partial charge in [0.25, 0.3) is 0 Å². The molecule has 1 aliphatic heterocycles. The van der Waals surface area contributed by atoms with Crippen LogP contribution in [0.25, 0.3) is 22.5 Å². The standard InChI is InChI=1S/C27H28F2N6O2/c1-3-13-31-27(30-2)34-16-14-33(15-17-34)25(36)19-35-24(21-7-5-4-6-8-21)18-23(32-35)20-9-11-22(12-10-20)37-26(28)29/h3-13,18,26H,1,14-17,19H2,2H3/b30-27?,31-13-. The van der Waals surface area contributed by atoms with E-state index in [2.05, 4.69) is 21.3 Å². The number of alkyl halides is 2. The van der Waals surface area contributed by atoms with E-state index in [1.165, 1.54) is 12.1 Å². The summed E-state index contributed by atoms with van der Waals surface area (Å²) >= 11 is 0. The van der Waals surface area contributed by atoms with Crippen molar-refractivity contribution >= 4 is 18.1 Å². The quantitative estimate of drug-likeness (QED) is 0.356. The SMILES string of the molecule is C=C/C=N\C(=NC)N1CCN(C(=O)Cn2nc(-c3ccc(OC(F)F)cc3)cc2-c2ccccc2)CC1. The number of aliphatic imine (C=N–C) groups is 2. The van der Waals surface area contributed by atoms with Gasteiger partial charge < -0.3 is 14.5 Å². The molecule has 0 unspecified atom stereocenters. The monoisotopic (exact) mass is 506 g/mol. The zero-order chi connectivity index (χ0) is 26.2. The Morgan fingerprint density at radius 2 is 1.73 bits per heavy atom. The molecule has 1 aromatic heterocycles. The number of hydrogen-bond acceptors (Lipinski definition) is 4. The summed E-state index contributed by atoms with van der Waals surface area (Å²) in [7, 11) is 1.69. The molecular weight excluding hydrogens is 478 g/mol. The number of piperazine rings is 1. The first kappa shape index (κ1) is 25.7. The van der Waals surface area contributed by atoms with Crippen molar-refractivity contribution < 1.29 is 18.3 Å². The number of rotatable bonds is 7. The Kier molecular flexibility index (Phi) is 8.40. The molecule has 2 heterocycles. The van der Waals surface area contributed by atoms with E-state index in [-0.39, 0.29) is 18.2 Å². The summed E-state index contributed by atoms with van der Waals surface area (Å²) in [5.41, 5.74) is 3.06. The third-order valence-corrected chi connectivity index (χ3v) is 5.92.